The summed E-state index contributed by atoms with van der Waals surface area (Å²) >= 11 is 4.93. The van der Waals surface area contributed by atoms with Gasteiger partial charge >= 0.3 is 0 Å². The Morgan fingerprint density at radius 1 is 1.46 bits per heavy atom. The normalized spacial score (nSPS) is 17.6. The first-order valence-corrected chi connectivity index (χ1v) is 9.90. The number of aromatic nitrogens is 4. The summed E-state index contributed by atoms with van der Waals surface area (Å²) in [5, 5.41) is 8.26. The van der Waals surface area contributed by atoms with Crippen LogP contribution < -0.4 is 16.0 Å². The van der Waals surface area contributed by atoms with Crippen molar-refractivity contribution in [3.63, 3.8) is 0 Å². The molecule has 26 heavy (non-hydrogen) atoms. The third kappa shape index (κ3) is 3.14. The monoisotopic (exact) mass is 435 g/mol. The van der Waals surface area contributed by atoms with Gasteiger partial charge in [-0.3, -0.25) is 4.79 Å². The summed E-state index contributed by atoms with van der Waals surface area (Å²) in [5.41, 5.74) is 7.83. The number of anilines is 2. The predicted octanol–water partition coefficient (Wildman–Crippen LogP) is 2.24. The molecule has 4 rings (SSSR count). The van der Waals surface area contributed by atoms with Crippen LogP contribution in [-0.2, 0) is 0 Å². The molecule has 0 spiro atoms. The maximum absolute atomic E-state index is 12.4. The summed E-state index contributed by atoms with van der Waals surface area (Å²) in [4.78, 5) is 23.6. The smallest absolute Gasteiger partial charge is 0.263 e. The van der Waals surface area contributed by atoms with Gasteiger partial charge in [0.15, 0.2) is 5.82 Å². The summed E-state index contributed by atoms with van der Waals surface area (Å²) in [6.07, 6.45) is 4.99. The molecule has 4 heterocycles. The van der Waals surface area contributed by atoms with Crippen molar-refractivity contribution in [1.29, 1.82) is 0 Å². The largest absolute Gasteiger partial charge is 0.382 e. The highest BCUT2D eigenvalue weighted by Crippen LogP contribution is 2.32. The highest BCUT2D eigenvalue weighted by atomic mass is 79.9. The molecular formula is C16H18BrN7OS. The molecule has 0 unspecified atom stereocenters. The van der Waals surface area contributed by atoms with Crippen molar-refractivity contribution in [2.45, 2.75) is 25.8 Å². The standard InChI is InChI=1S/C16H18BrN7OS/c1-9-19-6-12(26-9)16(25)22-10-3-2-4-23(7-10)11-5-13(17)24-14(11)15(18)20-8-21-24/h5-6,8,10H,2-4,7H2,1H3,(H,22,25)(H2,18,20,21)/t10-/m1/s1. The Hall–Kier alpha value is -2.20. The van der Waals surface area contributed by atoms with E-state index >= 15 is 0 Å². The third-order valence-corrected chi connectivity index (χ3v) is 5.94. The zero-order valence-electron chi connectivity index (χ0n) is 14.1. The van der Waals surface area contributed by atoms with Crippen molar-refractivity contribution in [2.24, 2.45) is 0 Å². The number of nitrogens with one attached hydrogen (secondary N) is 1. The summed E-state index contributed by atoms with van der Waals surface area (Å²) in [5.74, 6) is 0.375. The maximum atomic E-state index is 12.4. The van der Waals surface area contributed by atoms with E-state index in [1.165, 1.54) is 17.7 Å². The van der Waals surface area contributed by atoms with Crippen LogP contribution in [-0.4, -0.2) is 44.6 Å². The molecule has 8 nitrogen and oxygen atoms in total. The molecule has 0 saturated carbocycles. The molecule has 0 radical (unpaired) electrons. The van der Waals surface area contributed by atoms with Gasteiger partial charge in [0.25, 0.3) is 5.91 Å². The number of carbonyl (C=O) groups excluding carboxylic acids is 1. The van der Waals surface area contributed by atoms with E-state index in [4.69, 9.17) is 5.73 Å². The second-order valence-corrected chi connectivity index (χ2v) is 8.31. The Labute approximate surface area is 162 Å². The lowest BCUT2D eigenvalue weighted by Crippen LogP contribution is -2.47. The van der Waals surface area contributed by atoms with E-state index in [0.717, 1.165) is 40.2 Å². The molecule has 1 fully saturated rings. The third-order valence-electron chi connectivity index (χ3n) is 4.46. The van der Waals surface area contributed by atoms with Gasteiger partial charge in [-0.25, -0.2) is 14.5 Å². The topological polar surface area (TPSA) is 101 Å². The highest BCUT2D eigenvalue weighted by molar-refractivity contribution is 9.10. The average Bonchev–Trinajstić information content (AvgIpc) is 3.20. The number of thiazole rings is 1. The minimum Gasteiger partial charge on any atom is -0.382 e. The summed E-state index contributed by atoms with van der Waals surface area (Å²) in [6, 6.07) is 2.06. The number of hydrogen-bond acceptors (Lipinski definition) is 7. The fraction of sp³-hybridized carbons (Fsp3) is 0.375. The van der Waals surface area contributed by atoms with Crippen LogP contribution in [0.2, 0.25) is 0 Å². The van der Waals surface area contributed by atoms with Crippen molar-refractivity contribution in [2.75, 3.05) is 23.7 Å². The molecular weight excluding hydrogens is 418 g/mol. The van der Waals surface area contributed by atoms with Gasteiger partial charge in [-0.2, -0.15) is 5.10 Å². The summed E-state index contributed by atoms with van der Waals surface area (Å²) < 4.78 is 2.56. The number of amides is 1. The van der Waals surface area contributed by atoms with Gasteiger partial charge in [0.2, 0.25) is 0 Å². The lowest BCUT2D eigenvalue weighted by atomic mass is 10.0. The molecule has 3 aromatic heterocycles. The van der Waals surface area contributed by atoms with E-state index in [2.05, 4.69) is 41.2 Å². The fourth-order valence-electron chi connectivity index (χ4n) is 3.29. The Bertz CT molecular complexity index is 969. The molecule has 0 bridgehead atoms. The van der Waals surface area contributed by atoms with Crippen molar-refractivity contribution >= 4 is 50.2 Å². The van der Waals surface area contributed by atoms with E-state index in [0.29, 0.717) is 17.2 Å². The molecule has 1 aliphatic heterocycles. The summed E-state index contributed by atoms with van der Waals surface area (Å²) in [7, 11) is 0. The second kappa shape index (κ2) is 6.84. The van der Waals surface area contributed by atoms with Crippen LogP contribution in [0.25, 0.3) is 5.52 Å². The van der Waals surface area contributed by atoms with Gasteiger partial charge in [0.1, 0.15) is 21.3 Å². The van der Waals surface area contributed by atoms with Crippen LogP contribution in [0.3, 0.4) is 0 Å². The number of nitrogens with zero attached hydrogens (tertiary/aromatic N) is 5. The molecule has 0 aliphatic carbocycles. The van der Waals surface area contributed by atoms with Crippen LogP contribution in [0, 0.1) is 6.92 Å². The molecule has 136 valence electrons. The van der Waals surface area contributed by atoms with Crippen molar-refractivity contribution in [1.82, 2.24) is 24.9 Å². The van der Waals surface area contributed by atoms with Gasteiger partial charge in [-0.15, -0.1) is 11.3 Å². The van der Waals surface area contributed by atoms with Gasteiger partial charge in [-0.05, 0) is 41.8 Å². The van der Waals surface area contributed by atoms with Crippen LogP contribution >= 0.6 is 27.3 Å². The zero-order chi connectivity index (χ0) is 18.3. The number of piperidine rings is 1. The van der Waals surface area contributed by atoms with E-state index in [-0.39, 0.29) is 11.9 Å². The first-order chi connectivity index (χ1) is 12.5. The molecule has 1 aliphatic rings. The van der Waals surface area contributed by atoms with Crippen molar-refractivity contribution in [3.8, 4) is 0 Å². The van der Waals surface area contributed by atoms with Crippen molar-refractivity contribution in [3.05, 3.63) is 33.1 Å². The van der Waals surface area contributed by atoms with E-state index < -0.39 is 0 Å². The Morgan fingerprint density at radius 2 is 2.31 bits per heavy atom. The minimum atomic E-state index is -0.0618. The Kier molecular flexibility index (Phi) is 4.53. The molecule has 1 atom stereocenters. The van der Waals surface area contributed by atoms with Gasteiger partial charge in [0.05, 0.1) is 16.9 Å². The minimum absolute atomic E-state index is 0.0618. The lowest BCUT2D eigenvalue weighted by Gasteiger charge is -2.34. The lowest BCUT2D eigenvalue weighted by molar-refractivity contribution is 0.0937. The quantitative estimate of drug-likeness (QED) is 0.653. The van der Waals surface area contributed by atoms with Crippen molar-refractivity contribution < 1.29 is 4.79 Å². The molecule has 0 aromatic carbocycles. The number of nitrogens with two attached hydrogens (primary N) is 1. The van der Waals surface area contributed by atoms with E-state index in [1.54, 1.807) is 10.7 Å². The molecule has 1 amide bonds. The number of carbonyl (C=O) groups is 1. The predicted molar refractivity (Wildman–Crippen MR) is 105 cm³/mol. The molecule has 3 aromatic rings. The van der Waals surface area contributed by atoms with Crippen LogP contribution in [0.15, 0.2) is 23.2 Å². The van der Waals surface area contributed by atoms with Crippen LogP contribution in [0.1, 0.15) is 27.5 Å². The second-order valence-electron chi connectivity index (χ2n) is 6.26. The number of aryl methyl sites for hydroxylation is 1. The first-order valence-electron chi connectivity index (χ1n) is 8.29. The molecule has 10 heteroatoms. The fourth-order valence-corrected chi connectivity index (χ4v) is 4.46. The molecule has 3 N–H and O–H groups in total. The maximum Gasteiger partial charge on any atom is 0.263 e. The van der Waals surface area contributed by atoms with Gasteiger partial charge < -0.3 is 16.0 Å². The van der Waals surface area contributed by atoms with Gasteiger partial charge in [0, 0.05) is 19.1 Å². The highest BCUT2D eigenvalue weighted by Gasteiger charge is 2.26. The average molecular weight is 436 g/mol. The number of hydrogen-bond donors (Lipinski definition) is 2. The number of rotatable bonds is 3. The summed E-state index contributed by atoms with van der Waals surface area (Å²) in [6.45, 7) is 3.50. The molecule has 1 saturated heterocycles. The van der Waals surface area contributed by atoms with E-state index in [1.807, 2.05) is 13.0 Å². The Morgan fingerprint density at radius 3 is 3.08 bits per heavy atom. The SMILES string of the molecule is Cc1ncc(C(=O)N[C@@H]2CCCN(c3cc(Br)n4ncnc(N)c34)C2)s1. The van der Waals surface area contributed by atoms with Crippen LogP contribution in [0.5, 0.6) is 0 Å². The first kappa shape index (κ1) is 17.2. The zero-order valence-corrected chi connectivity index (χ0v) is 16.5. The number of nitrogen functional groups attached to an aromatic ring is 1. The van der Waals surface area contributed by atoms with Gasteiger partial charge in [-0.1, -0.05) is 0 Å². The van der Waals surface area contributed by atoms with E-state index in [9.17, 15) is 4.79 Å². The van der Waals surface area contributed by atoms with Crippen LogP contribution in [0.4, 0.5) is 11.5 Å². The number of halogens is 1. The Balaban J connectivity index is 1.55. The number of fused-ring (bicyclic) bond motifs is 1.